The summed E-state index contributed by atoms with van der Waals surface area (Å²) in [6, 6.07) is 14.9. The van der Waals surface area contributed by atoms with Crippen molar-refractivity contribution in [3.8, 4) is 0 Å². The minimum Gasteiger partial charge on any atom is -0.349 e. The Morgan fingerprint density at radius 3 is 2.65 bits per heavy atom. The smallest absolute Gasteiger partial charge is 0.274 e. The highest BCUT2D eigenvalue weighted by Crippen LogP contribution is 2.13. The van der Waals surface area contributed by atoms with Crippen LogP contribution in [0.1, 0.15) is 5.69 Å². The van der Waals surface area contributed by atoms with Gasteiger partial charge in [0.25, 0.3) is 5.56 Å². The highest BCUT2D eigenvalue weighted by Gasteiger charge is 2.11. The maximum atomic E-state index is 12.4. The molecule has 2 heterocycles. The minimum atomic E-state index is -0.152. The van der Waals surface area contributed by atoms with Crippen molar-refractivity contribution < 1.29 is 4.79 Å². The molecule has 7 heteroatoms. The van der Waals surface area contributed by atoms with E-state index in [0.717, 1.165) is 16.4 Å². The summed E-state index contributed by atoms with van der Waals surface area (Å²) in [6.45, 7) is 0.421. The van der Waals surface area contributed by atoms with Crippen molar-refractivity contribution in [1.82, 2.24) is 24.6 Å². The minimum absolute atomic E-state index is 0.145. The summed E-state index contributed by atoms with van der Waals surface area (Å²) in [6.07, 6.45) is 1.66. The van der Waals surface area contributed by atoms with Crippen LogP contribution in [0.15, 0.2) is 59.7 Å². The number of hydrogen-bond donors (Lipinski definition) is 1. The van der Waals surface area contributed by atoms with E-state index in [1.54, 1.807) is 24.0 Å². The van der Waals surface area contributed by atoms with Gasteiger partial charge >= 0.3 is 0 Å². The first-order valence-electron chi connectivity index (χ1n) is 8.25. The van der Waals surface area contributed by atoms with Crippen LogP contribution in [0.3, 0.4) is 0 Å². The van der Waals surface area contributed by atoms with Gasteiger partial charge in [0, 0.05) is 12.4 Å². The van der Waals surface area contributed by atoms with Crippen molar-refractivity contribution in [1.29, 1.82) is 0 Å². The number of nitrogens with one attached hydrogen (secondary N) is 1. The van der Waals surface area contributed by atoms with Gasteiger partial charge in [0.1, 0.15) is 6.54 Å². The molecule has 7 nitrogen and oxygen atoms in total. The maximum Gasteiger partial charge on any atom is 0.274 e. The molecule has 0 aliphatic carbocycles. The van der Waals surface area contributed by atoms with Crippen LogP contribution in [0.4, 0.5) is 0 Å². The van der Waals surface area contributed by atoms with Crippen LogP contribution < -0.4 is 10.9 Å². The van der Waals surface area contributed by atoms with Gasteiger partial charge in [-0.25, -0.2) is 9.67 Å². The fraction of sp³-hybridized carbons (Fsp3) is 0.158. The lowest BCUT2D eigenvalue weighted by molar-refractivity contribution is -0.121. The molecule has 0 spiro atoms. The lowest BCUT2D eigenvalue weighted by atomic mass is 10.1. The second kappa shape index (κ2) is 6.44. The number of imidazole rings is 1. The number of carbonyl (C=O) groups excluding carboxylic acids is 1. The summed E-state index contributed by atoms with van der Waals surface area (Å²) in [7, 11) is 1.61. The Morgan fingerprint density at radius 1 is 1.08 bits per heavy atom. The summed E-state index contributed by atoms with van der Waals surface area (Å²) >= 11 is 0. The van der Waals surface area contributed by atoms with E-state index in [-0.39, 0.29) is 24.6 Å². The van der Waals surface area contributed by atoms with Gasteiger partial charge in [0.05, 0.1) is 35.0 Å². The van der Waals surface area contributed by atoms with E-state index in [9.17, 15) is 9.59 Å². The van der Waals surface area contributed by atoms with Crippen LogP contribution in [0.2, 0.25) is 0 Å². The molecule has 4 rings (SSSR count). The van der Waals surface area contributed by atoms with Crippen molar-refractivity contribution in [2.24, 2.45) is 7.05 Å². The van der Waals surface area contributed by atoms with E-state index in [4.69, 9.17) is 0 Å². The van der Waals surface area contributed by atoms with Crippen molar-refractivity contribution >= 4 is 27.7 Å². The highest BCUT2D eigenvalue weighted by atomic mass is 16.2. The van der Waals surface area contributed by atoms with Gasteiger partial charge in [0.2, 0.25) is 5.91 Å². The lowest BCUT2D eigenvalue weighted by Gasteiger charge is -2.10. The van der Waals surface area contributed by atoms with Gasteiger partial charge < -0.3 is 9.88 Å². The SMILES string of the molecule is Cn1nc(CNC(=O)Cn2cnc3ccccc32)c2ccccc2c1=O. The second-order valence-electron chi connectivity index (χ2n) is 6.06. The Morgan fingerprint density at radius 2 is 1.81 bits per heavy atom. The fourth-order valence-electron chi connectivity index (χ4n) is 3.04. The third kappa shape index (κ3) is 2.83. The second-order valence-corrected chi connectivity index (χ2v) is 6.06. The molecular formula is C19H17N5O2. The number of para-hydroxylation sites is 2. The molecule has 26 heavy (non-hydrogen) atoms. The first-order valence-corrected chi connectivity index (χ1v) is 8.25. The summed E-state index contributed by atoms with van der Waals surface area (Å²) in [4.78, 5) is 28.8. The number of carbonyl (C=O) groups is 1. The van der Waals surface area contributed by atoms with E-state index in [1.165, 1.54) is 4.68 Å². The summed E-state index contributed by atoms with van der Waals surface area (Å²) in [5.41, 5.74) is 2.27. The molecule has 2 aromatic carbocycles. The normalized spacial score (nSPS) is 11.1. The van der Waals surface area contributed by atoms with Crippen LogP contribution >= 0.6 is 0 Å². The van der Waals surface area contributed by atoms with Gasteiger partial charge in [-0.3, -0.25) is 9.59 Å². The molecule has 0 aliphatic heterocycles. The Bertz CT molecular complexity index is 1180. The number of hydrogen-bond acceptors (Lipinski definition) is 4. The zero-order chi connectivity index (χ0) is 18.1. The predicted octanol–water partition coefficient (Wildman–Crippen LogP) is 1.60. The summed E-state index contributed by atoms with van der Waals surface area (Å²) in [5.74, 6) is -0.145. The number of rotatable bonds is 4. The largest absolute Gasteiger partial charge is 0.349 e. The number of amides is 1. The first-order chi connectivity index (χ1) is 12.6. The van der Waals surface area contributed by atoms with Gasteiger partial charge in [-0.15, -0.1) is 0 Å². The first kappa shape index (κ1) is 16.0. The monoisotopic (exact) mass is 347 g/mol. The highest BCUT2D eigenvalue weighted by molar-refractivity contribution is 5.84. The average Bonchev–Trinajstić information content (AvgIpc) is 3.06. The Hall–Kier alpha value is -3.48. The number of aromatic nitrogens is 4. The van der Waals surface area contributed by atoms with Crippen molar-refractivity contribution in [2.75, 3.05) is 0 Å². The molecule has 0 bridgehead atoms. The lowest BCUT2D eigenvalue weighted by Crippen LogP contribution is -2.29. The van der Waals surface area contributed by atoms with Crippen LogP contribution in [0.25, 0.3) is 21.8 Å². The van der Waals surface area contributed by atoms with Gasteiger partial charge in [-0.1, -0.05) is 30.3 Å². The molecule has 0 atom stereocenters. The molecule has 0 saturated heterocycles. The Labute approximate surface area is 148 Å². The molecule has 0 fully saturated rings. The molecule has 0 unspecified atom stereocenters. The van der Waals surface area contributed by atoms with E-state index in [2.05, 4.69) is 15.4 Å². The zero-order valence-electron chi connectivity index (χ0n) is 14.2. The van der Waals surface area contributed by atoms with Crippen LogP contribution in [-0.4, -0.2) is 25.2 Å². The standard InChI is InChI=1S/C19H17N5O2/c1-23-19(26)14-7-3-2-6-13(14)16(22-23)10-20-18(25)11-24-12-21-15-8-4-5-9-17(15)24/h2-9,12H,10-11H2,1H3,(H,20,25). The Kier molecular flexibility index (Phi) is 3.96. The number of fused-ring (bicyclic) bond motifs is 2. The molecule has 4 aromatic rings. The molecule has 130 valence electrons. The van der Waals surface area contributed by atoms with Crippen LogP contribution in [0, 0.1) is 0 Å². The third-order valence-electron chi connectivity index (χ3n) is 4.33. The summed E-state index contributed by atoms with van der Waals surface area (Å²) < 4.78 is 3.10. The van der Waals surface area contributed by atoms with Crippen LogP contribution in [0.5, 0.6) is 0 Å². The summed E-state index contributed by atoms with van der Waals surface area (Å²) in [5, 5.41) is 8.51. The quantitative estimate of drug-likeness (QED) is 0.608. The zero-order valence-corrected chi connectivity index (χ0v) is 14.2. The van der Waals surface area contributed by atoms with Gasteiger partial charge in [-0.05, 0) is 18.2 Å². The number of aryl methyl sites for hydroxylation is 1. The van der Waals surface area contributed by atoms with E-state index < -0.39 is 0 Å². The third-order valence-corrected chi connectivity index (χ3v) is 4.33. The van der Waals surface area contributed by atoms with Crippen molar-refractivity contribution in [2.45, 2.75) is 13.1 Å². The Balaban J connectivity index is 1.54. The molecule has 2 aromatic heterocycles. The predicted molar refractivity (Wildman–Crippen MR) is 98.6 cm³/mol. The van der Waals surface area contributed by atoms with Gasteiger partial charge in [0.15, 0.2) is 0 Å². The van der Waals surface area contributed by atoms with E-state index in [1.807, 2.05) is 42.5 Å². The van der Waals surface area contributed by atoms with Crippen molar-refractivity contribution in [3.63, 3.8) is 0 Å². The van der Waals surface area contributed by atoms with Crippen molar-refractivity contribution in [3.05, 3.63) is 70.9 Å². The number of benzene rings is 2. The molecule has 1 amide bonds. The van der Waals surface area contributed by atoms with E-state index >= 15 is 0 Å². The molecule has 0 radical (unpaired) electrons. The topological polar surface area (TPSA) is 81.8 Å². The molecule has 0 aliphatic rings. The molecular weight excluding hydrogens is 330 g/mol. The van der Waals surface area contributed by atoms with E-state index in [0.29, 0.717) is 11.1 Å². The molecule has 0 saturated carbocycles. The van der Waals surface area contributed by atoms with Crippen LogP contribution in [-0.2, 0) is 24.9 Å². The molecule has 1 N–H and O–H groups in total. The van der Waals surface area contributed by atoms with Gasteiger partial charge in [-0.2, -0.15) is 5.10 Å². The fourth-order valence-corrected chi connectivity index (χ4v) is 3.04. The maximum absolute atomic E-state index is 12.4. The number of nitrogens with zero attached hydrogens (tertiary/aromatic N) is 4. The average molecular weight is 347 g/mol.